The number of carbonyl (C=O) groups excluding carboxylic acids is 5. The van der Waals surface area contributed by atoms with Gasteiger partial charge in [0.05, 0.1) is 16.9 Å². The van der Waals surface area contributed by atoms with Crippen LogP contribution in [0.1, 0.15) is 77.8 Å². The number of aromatic hydroxyl groups is 1. The van der Waals surface area contributed by atoms with Crippen molar-refractivity contribution in [1.82, 2.24) is 21.3 Å². The van der Waals surface area contributed by atoms with Gasteiger partial charge in [0.2, 0.25) is 41.1 Å². The molecule has 0 aliphatic carbocycles. The Balaban J connectivity index is 1.99. The first-order valence-electron chi connectivity index (χ1n) is 18.1. The van der Waals surface area contributed by atoms with Crippen LogP contribution in [0.5, 0.6) is 5.75 Å². The topological polar surface area (TPSA) is 296 Å². The summed E-state index contributed by atoms with van der Waals surface area (Å²) < 4.78 is 14.4. The van der Waals surface area contributed by atoms with E-state index in [-0.39, 0.29) is 42.4 Å². The number of nitro groups is 1. The number of amides is 5. The molecule has 0 fully saturated rings. The number of fused-ring (bicyclic) bond motifs is 1. The Morgan fingerprint density at radius 3 is 2.05 bits per heavy atom. The second kappa shape index (κ2) is 18.6. The lowest BCUT2D eigenvalue weighted by Crippen LogP contribution is -2.68. The van der Waals surface area contributed by atoms with E-state index in [0.717, 1.165) is 26.0 Å². The van der Waals surface area contributed by atoms with E-state index in [1.165, 1.54) is 24.3 Å². The van der Waals surface area contributed by atoms with E-state index in [1.807, 2.05) is 0 Å². The standard InChI is InChI=1S/C37H52FN7O11/c1-18(2)11-27(42-34(50)28(40-20(5)46)14-21-7-10-30(45(55)56)25(38)13-21)33(49)43-29(16-24-23-15-22(47)8-9-26(23)41-32(24)48)35(51)44-31(12-19(3)4)37(53,54)36(6,52)17-39/h7-10,13,15,18-19,24,27-29,31,47,52-54H,11-12,14,16-17,39H2,1-6H3,(H,40,46)(H,41,48)(H,42,50)(H,43,49)(H,44,51)/t24-,27-,28-,29-,31-,36+/m0/s1. The number of carbonyl (C=O) groups is 5. The SMILES string of the molecule is CC(=O)N[C@@H](Cc1ccc([N+](=O)[O-])c(F)c1)C(=O)N[C@@H](CC(C)C)C(=O)N[C@@H](C[C@@H]1C(=O)Nc2ccc(O)cc21)C(=O)N[C@@H](CC(C)C)C(O)(O)[C@](C)(O)CN. The quantitative estimate of drug-likeness (QED) is 0.0404. The number of rotatable bonds is 19. The maximum absolute atomic E-state index is 14.4. The van der Waals surface area contributed by atoms with Gasteiger partial charge in [0, 0.05) is 31.6 Å². The van der Waals surface area contributed by atoms with Crippen LogP contribution in [0.25, 0.3) is 0 Å². The molecule has 5 amide bonds. The minimum absolute atomic E-state index is 0.00276. The predicted octanol–water partition coefficient (Wildman–Crippen LogP) is 0.550. The fourth-order valence-corrected chi connectivity index (χ4v) is 6.37. The third-order valence-electron chi connectivity index (χ3n) is 9.47. The normalized spacial score (nSPS) is 17.2. The van der Waals surface area contributed by atoms with Gasteiger partial charge in [0.1, 0.15) is 29.5 Å². The molecule has 3 rings (SSSR count). The molecule has 0 unspecified atom stereocenters. The van der Waals surface area contributed by atoms with Crippen LogP contribution in [0.4, 0.5) is 15.8 Å². The van der Waals surface area contributed by atoms with E-state index in [9.17, 15) is 58.9 Å². The minimum Gasteiger partial charge on any atom is -0.508 e. The maximum Gasteiger partial charge on any atom is 0.304 e. The molecule has 0 saturated heterocycles. The number of hydrogen-bond acceptors (Lipinski definition) is 12. The summed E-state index contributed by atoms with van der Waals surface area (Å²) in [6.45, 7) is 8.53. The highest BCUT2D eigenvalue weighted by molar-refractivity contribution is 6.04. The smallest absolute Gasteiger partial charge is 0.304 e. The molecule has 0 spiro atoms. The van der Waals surface area contributed by atoms with Crippen LogP contribution in [0.15, 0.2) is 36.4 Å². The fraction of sp³-hybridized carbons (Fsp3) is 0.541. The zero-order chi connectivity index (χ0) is 42.3. The molecule has 0 aromatic heterocycles. The minimum atomic E-state index is -2.97. The number of phenolic OH excluding ortho intramolecular Hbond substituents is 1. The summed E-state index contributed by atoms with van der Waals surface area (Å²) in [4.78, 5) is 77.4. The molecule has 19 heteroatoms. The molecule has 308 valence electrons. The lowest BCUT2D eigenvalue weighted by molar-refractivity contribution is -0.387. The molecule has 2 aromatic carbocycles. The summed E-state index contributed by atoms with van der Waals surface area (Å²) in [7, 11) is 0. The van der Waals surface area contributed by atoms with E-state index in [2.05, 4.69) is 26.6 Å². The number of nitrogens with two attached hydrogens (primary N) is 1. The number of nitro benzene ring substituents is 1. The zero-order valence-electron chi connectivity index (χ0n) is 32.1. The number of aliphatic hydroxyl groups is 3. The number of phenols is 1. The Kier molecular flexibility index (Phi) is 15.0. The average molecular weight is 790 g/mol. The molecular formula is C37H52FN7O11. The van der Waals surface area contributed by atoms with Crippen LogP contribution < -0.4 is 32.3 Å². The van der Waals surface area contributed by atoms with E-state index in [0.29, 0.717) is 11.3 Å². The Morgan fingerprint density at radius 2 is 1.50 bits per heavy atom. The van der Waals surface area contributed by atoms with Crippen LogP contribution in [-0.2, 0) is 30.4 Å². The van der Waals surface area contributed by atoms with Crippen LogP contribution in [0, 0.1) is 27.8 Å². The Hall–Kier alpha value is -5.24. The number of halogens is 1. The van der Waals surface area contributed by atoms with E-state index >= 15 is 0 Å². The maximum atomic E-state index is 14.4. The summed E-state index contributed by atoms with van der Waals surface area (Å²) in [5.74, 6) is -9.90. The monoisotopic (exact) mass is 789 g/mol. The third kappa shape index (κ3) is 11.4. The van der Waals surface area contributed by atoms with Gasteiger partial charge in [-0.2, -0.15) is 4.39 Å². The molecule has 1 aliphatic rings. The summed E-state index contributed by atoms with van der Waals surface area (Å²) in [6, 6.07) is 1.23. The molecule has 0 bridgehead atoms. The lowest BCUT2D eigenvalue weighted by atomic mass is 9.84. The number of anilines is 1. The van der Waals surface area contributed by atoms with Crippen LogP contribution in [-0.4, -0.2) is 97.0 Å². The third-order valence-corrected chi connectivity index (χ3v) is 9.47. The zero-order valence-corrected chi connectivity index (χ0v) is 32.1. The van der Waals surface area contributed by atoms with E-state index in [4.69, 9.17) is 5.73 Å². The molecule has 1 aliphatic heterocycles. The number of nitrogens with one attached hydrogen (secondary N) is 5. The van der Waals surface area contributed by atoms with Crippen molar-refractivity contribution < 1.29 is 53.7 Å². The Bertz CT molecular complexity index is 1800. The fourth-order valence-electron chi connectivity index (χ4n) is 6.37. The molecule has 1 heterocycles. The van der Waals surface area contributed by atoms with Gasteiger partial charge in [-0.3, -0.25) is 34.1 Å². The lowest BCUT2D eigenvalue weighted by Gasteiger charge is -2.42. The average Bonchev–Trinajstić information content (AvgIpc) is 3.39. The van der Waals surface area contributed by atoms with Crippen molar-refractivity contribution in [3.8, 4) is 5.75 Å². The van der Waals surface area contributed by atoms with Crippen molar-refractivity contribution in [3.05, 3.63) is 63.5 Å². The first-order chi connectivity index (χ1) is 26.0. The Morgan fingerprint density at radius 1 is 0.911 bits per heavy atom. The first-order valence-corrected chi connectivity index (χ1v) is 18.1. The molecule has 2 aromatic rings. The van der Waals surface area contributed by atoms with Gasteiger partial charge in [-0.05, 0) is 73.4 Å². The van der Waals surface area contributed by atoms with Crippen molar-refractivity contribution in [2.24, 2.45) is 17.6 Å². The van der Waals surface area contributed by atoms with E-state index < -0.39 is 100 Å². The summed E-state index contributed by atoms with van der Waals surface area (Å²) >= 11 is 0. The van der Waals surface area contributed by atoms with Crippen molar-refractivity contribution in [3.63, 3.8) is 0 Å². The summed E-state index contributed by atoms with van der Waals surface area (Å²) in [5, 5.41) is 67.0. The van der Waals surface area contributed by atoms with Gasteiger partial charge in [-0.15, -0.1) is 0 Å². The molecule has 0 saturated carbocycles. The summed E-state index contributed by atoms with van der Waals surface area (Å²) in [5.41, 5.74) is 3.32. The molecule has 18 nitrogen and oxygen atoms in total. The second-order valence-corrected chi connectivity index (χ2v) is 15.2. The second-order valence-electron chi connectivity index (χ2n) is 15.2. The predicted molar refractivity (Wildman–Crippen MR) is 200 cm³/mol. The largest absolute Gasteiger partial charge is 0.508 e. The van der Waals surface area contributed by atoms with Crippen LogP contribution >= 0.6 is 0 Å². The number of hydrogen-bond donors (Lipinski definition) is 10. The van der Waals surface area contributed by atoms with Gasteiger partial charge >= 0.3 is 5.69 Å². The van der Waals surface area contributed by atoms with Gasteiger partial charge in [0.15, 0.2) is 0 Å². The molecule has 56 heavy (non-hydrogen) atoms. The highest BCUT2D eigenvalue weighted by Gasteiger charge is 2.51. The highest BCUT2D eigenvalue weighted by atomic mass is 19.1. The van der Waals surface area contributed by atoms with E-state index in [1.54, 1.807) is 27.7 Å². The number of benzene rings is 2. The van der Waals surface area contributed by atoms with Gasteiger partial charge < -0.3 is 52.7 Å². The van der Waals surface area contributed by atoms with Gasteiger partial charge in [-0.25, -0.2) is 0 Å². The highest BCUT2D eigenvalue weighted by Crippen LogP contribution is 2.38. The van der Waals surface area contributed by atoms with Crippen LogP contribution in [0.2, 0.25) is 0 Å². The molecule has 6 atom stereocenters. The van der Waals surface area contributed by atoms with Gasteiger partial charge in [-0.1, -0.05) is 33.8 Å². The summed E-state index contributed by atoms with van der Waals surface area (Å²) in [6.07, 6.45) is -0.811. The van der Waals surface area contributed by atoms with Crippen molar-refractivity contribution in [1.29, 1.82) is 0 Å². The van der Waals surface area contributed by atoms with Crippen LogP contribution in [0.3, 0.4) is 0 Å². The Labute approximate surface area is 322 Å². The van der Waals surface area contributed by atoms with Gasteiger partial charge in [0.25, 0.3) is 0 Å². The molecular weight excluding hydrogens is 737 g/mol. The molecule has 0 radical (unpaired) electrons. The number of nitrogens with zero attached hydrogens (tertiary/aromatic N) is 1. The first kappa shape index (κ1) is 45.2. The molecule has 11 N–H and O–H groups in total. The van der Waals surface area contributed by atoms with Crippen molar-refractivity contribution in [2.45, 2.75) is 109 Å². The van der Waals surface area contributed by atoms with Crippen molar-refractivity contribution >= 4 is 40.9 Å². The van der Waals surface area contributed by atoms with Crippen molar-refractivity contribution in [2.75, 3.05) is 11.9 Å².